The molecule has 2 heterocycles. The van der Waals surface area contributed by atoms with Crippen molar-refractivity contribution in [2.24, 2.45) is 0 Å². The van der Waals surface area contributed by atoms with Gasteiger partial charge in [0.05, 0.1) is 6.04 Å². The molecule has 5 heteroatoms. The Morgan fingerprint density at radius 3 is 1.88 bits per heavy atom. The molecule has 1 aromatic heterocycles. The number of nitrogens with zero attached hydrogens (tertiary/aromatic N) is 5. The molecule has 0 atom stereocenters. The van der Waals surface area contributed by atoms with E-state index >= 15 is 0 Å². The Hall–Kier alpha value is -3.28. The molecule has 5 rings (SSSR count). The first-order valence-corrected chi connectivity index (χ1v) is 11.9. The van der Waals surface area contributed by atoms with E-state index in [-0.39, 0.29) is 0 Å². The topological polar surface area (TPSA) is 37.2 Å². The fraction of sp³-hybridized carbons (Fsp3) is 0.286. The third-order valence-electron chi connectivity index (χ3n) is 6.53. The van der Waals surface area contributed by atoms with E-state index in [0.29, 0.717) is 6.04 Å². The van der Waals surface area contributed by atoms with Crippen LogP contribution in [0.1, 0.15) is 29.4 Å². The van der Waals surface area contributed by atoms with Gasteiger partial charge in [0, 0.05) is 38.3 Å². The second-order valence-electron chi connectivity index (χ2n) is 8.66. The van der Waals surface area contributed by atoms with Crippen LogP contribution in [-0.2, 0) is 6.42 Å². The van der Waals surface area contributed by atoms with Crippen LogP contribution >= 0.6 is 0 Å². The molecule has 1 saturated heterocycles. The van der Waals surface area contributed by atoms with Crippen LogP contribution in [0.3, 0.4) is 0 Å². The quantitative estimate of drug-likeness (QED) is 0.404. The average molecular weight is 438 g/mol. The smallest absolute Gasteiger partial charge is 0.137 e. The Kier molecular flexibility index (Phi) is 6.90. The summed E-state index contributed by atoms with van der Waals surface area (Å²) in [5.41, 5.74) is 3.87. The number of hydrogen-bond donors (Lipinski definition) is 0. The zero-order chi connectivity index (χ0) is 22.3. The second kappa shape index (κ2) is 10.6. The van der Waals surface area contributed by atoms with Gasteiger partial charge in [-0.2, -0.15) is 0 Å². The molecule has 33 heavy (non-hydrogen) atoms. The third kappa shape index (κ3) is 5.21. The molecule has 0 radical (unpaired) electrons. The van der Waals surface area contributed by atoms with Gasteiger partial charge in [-0.1, -0.05) is 78.9 Å². The van der Waals surface area contributed by atoms with Crippen LogP contribution in [0.15, 0.2) is 97.3 Å². The highest BCUT2D eigenvalue weighted by Crippen LogP contribution is 2.29. The minimum atomic E-state index is 0.318. The molecule has 1 fully saturated rings. The molecule has 0 aliphatic carbocycles. The van der Waals surface area contributed by atoms with E-state index in [4.69, 9.17) is 0 Å². The molecule has 0 bridgehead atoms. The molecule has 0 saturated carbocycles. The molecule has 168 valence electrons. The lowest BCUT2D eigenvalue weighted by Crippen LogP contribution is -2.48. The SMILES string of the molecule is c1ccc(C(c2ccccc2)N2CCN(CCCc3nncn3-c3ccccc3)CC2)cc1. The standard InChI is InChI=1S/C28H31N5/c1-4-11-24(12-5-1)28(25-13-6-2-7-14-25)32-21-19-31(20-22-32)18-10-17-27-30-29-23-33(27)26-15-8-3-9-16-26/h1-9,11-16,23,28H,10,17-22H2. The molecule has 5 nitrogen and oxygen atoms in total. The van der Waals surface area contributed by atoms with Gasteiger partial charge < -0.3 is 4.90 Å². The van der Waals surface area contributed by atoms with Gasteiger partial charge in [-0.25, -0.2) is 0 Å². The summed E-state index contributed by atoms with van der Waals surface area (Å²) in [7, 11) is 0. The van der Waals surface area contributed by atoms with Crippen molar-refractivity contribution in [1.82, 2.24) is 24.6 Å². The van der Waals surface area contributed by atoms with Crippen molar-refractivity contribution >= 4 is 0 Å². The van der Waals surface area contributed by atoms with Gasteiger partial charge in [-0.15, -0.1) is 10.2 Å². The summed E-state index contributed by atoms with van der Waals surface area (Å²) in [6.45, 7) is 5.45. The number of benzene rings is 3. The van der Waals surface area contributed by atoms with Gasteiger partial charge in [0.25, 0.3) is 0 Å². The van der Waals surface area contributed by atoms with Gasteiger partial charge in [-0.05, 0) is 36.2 Å². The minimum absolute atomic E-state index is 0.318. The van der Waals surface area contributed by atoms with Gasteiger partial charge in [0.1, 0.15) is 12.2 Å². The van der Waals surface area contributed by atoms with Gasteiger partial charge >= 0.3 is 0 Å². The molecule has 0 unspecified atom stereocenters. The highest BCUT2D eigenvalue weighted by molar-refractivity contribution is 5.33. The average Bonchev–Trinajstić information content (AvgIpc) is 3.36. The predicted molar refractivity (Wildman–Crippen MR) is 132 cm³/mol. The Balaban J connectivity index is 1.17. The summed E-state index contributed by atoms with van der Waals surface area (Å²) >= 11 is 0. The molecular weight excluding hydrogens is 406 g/mol. The Bertz CT molecular complexity index is 1060. The number of aromatic nitrogens is 3. The monoisotopic (exact) mass is 437 g/mol. The summed E-state index contributed by atoms with van der Waals surface area (Å²) in [6, 6.07) is 32.5. The number of piperazine rings is 1. The van der Waals surface area contributed by atoms with Crippen molar-refractivity contribution in [2.75, 3.05) is 32.7 Å². The van der Waals surface area contributed by atoms with Crippen molar-refractivity contribution in [3.63, 3.8) is 0 Å². The van der Waals surface area contributed by atoms with Crippen molar-refractivity contribution in [2.45, 2.75) is 18.9 Å². The molecule has 4 aromatic rings. The van der Waals surface area contributed by atoms with E-state index in [1.54, 1.807) is 0 Å². The van der Waals surface area contributed by atoms with Crippen LogP contribution in [0.2, 0.25) is 0 Å². The molecule has 0 amide bonds. The summed E-state index contributed by atoms with van der Waals surface area (Å²) in [5.74, 6) is 1.04. The molecule has 1 aliphatic heterocycles. The Morgan fingerprint density at radius 1 is 0.697 bits per heavy atom. The van der Waals surface area contributed by atoms with Crippen molar-refractivity contribution in [1.29, 1.82) is 0 Å². The Morgan fingerprint density at radius 2 is 1.27 bits per heavy atom. The van der Waals surface area contributed by atoms with Crippen molar-refractivity contribution in [3.05, 3.63) is 114 Å². The first-order chi connectivity index (χ1) is 16.4. The van der Waals surface area contributed by atoms with Gasteiger partial charge in [0.15, 0.2) is 0 Å². The van der Waals surface area contributed by atoms with E-state index in [2.05, 4.69) is 109 Å². The largest absolute Gasteiger partial charge is 0.301 e. The zero-order valence-electron chi connectivity index (χ0n) is 19.0. The molecule has 1 aliphatic rings. The van der Waals surface area contributed by atoms with E-state index in [0.717, 1.165) is 57.1 Å². The normalized spacial score (nSPS) is 15.2. The van der Waals surface area contributed by atoms with Gasteiger partial charge in [0.2, 0.25) is 0 Å². The molecule has 3 aromatic carbocycles. The fourth-order valence-electron chi connectivity index (χ4n) is 4.82. The highest BCUT2D eigenvalue weighted by atomic mass is 15.3. The Labute approximate surface area is 196 Å². The van der Waals surface area contributed by atoms with E-state index in [1.165, 1.54) is 11.1 Å². The number of aryl methyl sites for hydroxylation is 1. The van der Waals surface area contributed by atoms with E-state index < -0.39 is 0 Å². The second-order valence-corrected chi connectivity index (χ2v) is 8.66. The summed E-state index contributed by atoms with van der Waals surface area (Å²) in [6.07, 6.45) is 3.84. The van der Waals surface area contributed by atoms with Crippen molar-refractivity contribution in [3.8, 4) is 5.69 Å². The number of para-hydroxylation sites is 1. The molecular formula is C28H31N5. The van der Waals surface area contributed by atoms with E-state index in [1.807, 2.05) is 12.4 Å². The maximum Gasteiger partial charge on any atom is 0.137 e. The van der Waals surface area contributed by atoms with Crippen LogP contribution in [0.25, 0.3) is 5.69 Å². The minimum Gasteiger partial charge on any atom is -0.301 e. The van der Waals surface area contributed by atoms with E-state index in [9.17, 15) is 0 Å². The summed E-state index contributed by atoms with van der Waals surface area (Å²) in [5, 5.41) is 8.51. The summed E-state index contributed by atoms with van der Waals surface area (Å²) in [4.78, 5) is 5.22. The highest BCUT2D eigenvalue weighted by Gasteiger charge is 2.26. The van der Waals surface area contributed by atoms with Crippen LogP contribution in [-0.4, -0.2) is 57.3 Å². The predicted octanol–water partition coefficient (Wildman–Crippen LogP) is 4.61. The first kappa shape index (κ1) is 21.6. The zero-order valence-corrected chi connectivity index (χ0v) is 19.0. The third-order valence-corrected chi connectivity index (χ3v) is 6.53. The fourth-order valence-corrected chi connectivity index (χ4v) is 4.82. The molecule has 0 N–H and O–H groups in total. The van der Waals surface area contributed by atoms with Crippen LogP contribution < -0.4 is 0 Å². The first-order valence-electron chi connectivity index (χ1n) is 11.9. The van der Waals surface area contributed by atoms with Gasteiger partial charge in [-0.3, -0.25) is 9.47 Å². The maximum atomic E-state index is 4.36. The van der Waals surface area contributed by atoms with Crippen molar-refractivity contribution < 1.29 is 0 Å². The van der Waals surface area contributed by atoms with Crippen LogP contribution in [0, 0.1) is 0 Å². The molecule has 0 spiro atoms. The van der Waals surface area contributed by atoms with Crippen LogP contribution in [0.4, 0.5) is 0 Å². The number of hydrogen-bond acceptors (Lipinski definition) is 4. The lowest BCUT2D eigenvalue weighted by molar-refractivity contribution is 0.108. The maximum absolute atomic E-state index is 4.36. The number of rotatable bonds is 8. The van der Waals surface area contributed by atoms with Crippen LogP contribution in [0.5, 0.6) is 0 Å². The summed E-state index contributed by atoms with van der Waals surface area (Å²) < 4.78 is 2.10. The lowest BCUT2D eigenvalue weighted by atomic mass is 9.96. The lowest BCUT2D eigenvalue weighted by Gasteiger charge is -2.39.